The zero-order valence-electron chi connectivity index (χ0n) is 10.2. The Morgan fingerprint density at radius 3 is 3.16 bits per heavy atom. The molecular weight excluding hydrogens is 262 g/mol. The highest BCUT2D eigenvalue weighted by molar-refractivity contribution is 7.14. The summed E-state index contributed by atoms with van der Waals surface area (Å²) in [5.41, 5.74) is 0. The molecule has 2 rings (SSSR count). The molecule has 0 bridgehead atoms. The van der Waals surface area contributed by atoms with E-state index in [-0.39, 0.29) is 12.5 Å². The minimum Gasteiger partial charge on any atom is -0.384 e. The Bertz CT molecular complexity index is 593. The van der Waals surface area contributed by atoms with Crippen LogP contribution in [0.5, 0.6) is 0 Å². The number of hydrogen-bond donors (Lipinski definition) is 2. The lowest BCUT2D eigenvalue weighted by Gasteiger charge is -2.03. The maximum atomic E-state index is 11.8. The fraction of sp³-hybridized carbons (Fsp3) is 0.231. The molecule has 0 atom stereocenters. The maximum absolute atomic E-state index is 11.8. The molecule has 2 N–H and O–H groups in total. The SMILES string of the molecule is O=C(NCCn1ccnc1)c1ccc(C#CCO)s1. The number of aliphatic hydroxyl groups is 1. The second-order valence-electron chi connectivity index (χ2n) is 3.68. The van der Waals surface area contributed by atoms with Gasteiger partial charge in [0, 0.05) is 25.5 Å². The third-order valence-corrected chi connectivity index (χ3v) is 3.33. The van der Waals surface area contributed by atoms with Crippen LogP contribution in [0.25, 0.3) is 0 Å². The van der Waals surface area contributed by atoms with E-state index < -0.39 is 0 Å². The second kappa shape index (κ2) is 6.73. The Morgan fingerprint density at radius 2 is 2.42 bits per heavy atom. The molecule has 2 heterocycles. The first kappa shape index (κ1) is 13.3. The monoisotopic (exact) mass is 275 g/mol. The molecule has 0 spiro atoms. The van der Waals surface area contributed by atoms with E-state index in [4.69, 9.17) is 5.11 Å². The highest BCUT2D eigenvalue weighted by atomic mass is 32.1. The molecule has 19 heavy (non-hydrogen) atoms. The van der Waals surface area contributed by atoms with E-state index in [2.05, 4.69) is 22.1 Å². The van der Waals surface area contributed by atoms with Crippen molar-refractivity contribution in [3.05, 3.63) is 40.6 Å². The Kier molecular flexibility index (Phi) is 4.72. The summed E-state index contributed by atoms with van der Waals surface area (Å²) in [6.07, 6.45) is 5.26. The summed E-state index contributed by atoms with van der Waals surface area (Å²) in [5.74, 6) is 5.22. The molecule has 98 valence electrons. The topological polar surface area (TPSA) is 67.2 Å². The van der Waals surface area contributed by atoms with E-state index in [9.17, 15) is 4.79 Å². The number of hydrogen-bond acceptors (Lipinski definition) is 4. The van der Waals surface area contributed by atoms with Crippen molar-refractivity contribution in [1.82, 2.24) is 14.9 Å². The Labute approximate surface area is 114 Å². The van der Waals surface area contributed by atoms with Gasteiger partial charge in [0.2, 0.25) is 0 Å². The van der Waals surface area contributed by atoms with Gasteiger partial charge in [-0.25, -0.2) is 4.98 Å². The highest BCUT2D eigenvalue weighted by Crippen LogP contribution is 2.14. The molecule has 0 aliphatic heterocycles. The van der Waals surface area contributed by atoms with Gasteiger partial charge in [-0.1, -0.05) is 11.8 Å². The fourth-order valence-electron chi connectivity index (χ4n) is 1.46. The summed E-state index contributed by atoms with van der Waals surface area (Å²) >= 11 is 1.31. The maximum Gasteiger partial charge on any atom is 0.261 e. The van der Waals surface area contributed by atoms with Crippen LogP contribution in [0, 0.1) is 11.8 Å². The molecule has 0 aliphatic rings. The number of nitrogens with zero attached hydrogens (tertiary/aromatic N) is 2. The van der Waals surface area contributed by atoms with Crippen molar-refractivity contribution >= 4 is 17.2 Å². The van der Waals surface area contributed by atoms with E-state index >= 15 is 0 Å². The first-order valence-corrected chi connectivity index (χ1v) is 6.55. The first-order valence-electron chi connectivity index (χ1n) is 5.73. The van der Waals surface area contributed by atoms with Crippen LogP contribution in [0.3, 0.4) is 0 Å². The number of carbonyl (C=O) groups is 1. The molecule has 0 unspecified atom stereocenters. The summed E-state index contributed by atoms with van der Waals surface area (Å²) < 4.78 is 1.90. The van der Waals surface area contributed by atoms with Crippen LogP contribution >= 0.6 is 11.3 Å². The van der Waals surface area contributed by atoms with Crippen LogP contribution in [-0.2, 0) is 6.54 Å². The number of amides is 1. The molecule has 0 radical (unpaired) electrons. The smallest absolute Gasteiger partial charge is 0.261 e. The minimum absolute atomic E-state index is 0.109. The molecule has 0 saturated heterocycles. The van der Waals surface area contributed by atoms with E-state index in [0.717, 1.165) is 4.88 Å². The van der Waals surface area contributed by atoms with Crippen molar-refractivity contribution in [3.63, 3.8) is 0 Å². The minimum atomic E-state index is -0.176. The number of aromatic nitrogens is 2. The van der Waals surface area contributed by atoms with Crippen molar-refractivity contribution in [2.45, 2.75) is 6.54 Å². The van der Waals surface area contributed by atoms with Crippen molar-refractivity contribution in [2.24, 2.45) is 0 Å². The van der Waals surface area contributed by atoms with Crippen molar-refractivity contribution < 1.29 is 9.90 Å². The van der Waals surface area contributed by atoms with Crippen LogP contribution in [0.4, 0.5) is 0 Å². The lowest BCUT2D eigenvalue weighted by atomic mass is 10.4. The Hall–Kier alpha value is -2.10. The van der Waals surface area contributed by atoms with Gasteiger partial charge in [-0.05, 0) is 12.1 Å². The molecule has 0 aliphatic carbocycles. The second-order valence-corrected chi connectivity index (χ2v) is 4.76. The van der Waals surface area contributed by atoms with Gasteiger partial charge < -0.3 is 15.0 Å². The van der Waals surface area contributed by atoms with Gasteiger partial charge in [0.25, 0.3) is 5.91 Å². The molecule has 2 aromatic rings. The van der Waals surface area contributed by atoms with Gasteiger partial charge in [0.1, 0.15) is 6.61 Å². The number of carbonyl (C=O) groups excluding carboxylic acids is 1. The summed E-state index contributed by atoms with van der Waals surface area (Å²) in [6.45, 7) is 1.06. The predicted octanol–water partition coefficient (Wildman–Crippen LogP) is 0.718. The number of rotatable bonds is 4. The number of nitrogens with one attached hydrogen (secondary N) is 1. The third-order valence-electron chi connectivity index (χ3n) is 2.34. The van der Waals surface area contributed by atoms with Crippen LogP contribution in [-0.4, -0.2) is 33.7 Å². The average molecular weight is 275 g/mol. The first-order chi connectivity index (χ1) is 9.29. The molecule has 6 heteroatoms. The largest absolute Gasteiger partial charge is 0.384 e. The van der Waals surface area contributed by atoms with Crippen molar-refractivity contribution in [1.29, 1.82) is 0 Å². The molecule has 2 aromatic heterocycles. The lowest BCUT2D eigenvalue weighted by Crippen LogP contribution is -2.26. The van der Waals surface area contributed by atoms with Gasteiger partial charge in [0.05, 0.1) is 16.1 Å². The number of thiophene rings is 1. The van der Waals surface area contributed by atoms with Gasteiger partial charge in [-0.3, -0.25) is 4.79 Å². The highest BCUT2D eigenvalue weighted by Gasteiger charge is 2.07. The van der Waals surface area contributed by atoms with Crippen molar-refractivity contribution in [3.8, 4) is 11.8 Å². The predicted molar refractivity (Wildman–Crippen MR) is 72.8 cm³/mol. The zero-order valence-corrected chi connectivity index (χ0v) is 11.0. The van der Waals surface area contributed by atoms with E-state index in [0.29, 0.717) is 18.0 Å². The van der Waals surface area contributed by atoms with Crippen LogP contribution in [0.15, 0.2) is 30.9 Å². The summed E-state index contributed by atoms with van der Waals surface area (Å²) in [4.78, 5) is 17.2. The summed E-state index contributed by atoms with van der Waals surface area (Å²) in [7, 11) is 0. The van der Waals surface area contributed by atoms with Crippen LogP contribution < -0.4 is 5.32 Å². The Morgan fingerprint density at radius 1 is 1.53 bits per heavy atom. The van der Waals surface area contributed by atoms with Crippen LogP contribution in [0.1, 0.15) is 14.5 Å². The number of imidazole rings is 1. The van der Waals surface area contributed by atoms with E-state index in [1.807, 2.05) is 10.8 Å². The summed E-state index contributed by atoms with van der Waals surface area (Å²) in [6, 6.07) is 3.51. The molecular formula is C13H13N3O2S. The van der Waals surface area contributed by atoms with E-state index in [1.54, 1.807) is 24.7 Å². The van der Waals surface area contributed by atoms with Gasteiger partial charge >= 0.3 is 0 Å². The molecule has 0 aromatic carbocycles. The quantitative estimate of drug-likeness (QED) is 0.808. The fourth-order valence-corrected chi connectivity index (χ4v) is 2.26. The molecule has 1 amide bonds. The molecule has 5 nitrogen and oxygen atoms in total. The standard InChI is InChI=1S/C13H13N3O2S/c17-9-1-2-11-3-4-12(19-11)13(18)15-6-8-16-7-5-14-10-16/h3-5,7,10,17H,6,8-9H2,(H,15,18). The zero-order chi connectivity index (χ0) is 13.5. The molecule has 0 saturated carbocycles. The Balaban J connectivity index is 1.84. The van der Waals surface area contributed by atoms with Gasteiger partial charge in [-0.15, -0.1) is 11.3 Å². The molecule has 0 fully saturated rings. The van der Waals surface area contributed by atoms with Crippen LogP contribution in [0.2, 0.25) is 0 Å². The average Bonchev–Trinajstić information content (AvgIpc) is 3.07. The van der Waals surface area contributed by atoms with Gasteiger partial charge in [-0.2, -0.15) is 0 Å². The third kappa shape index (κ3) is 3.95. The summed E-state index contributed by atoms with van der Waals surface area (Å²) in [5, 5.41) is 11.4. The normalized spacial score (nSPS) is 9.74. The lowest BCUT2D eigenvalue weighted by molar-refractivity contribution is 0.0956. The number of aliphatic hydroxyl groups excluding tert-OH is 1. The van der Waals surface area contributed by atoms with E-state index in [1.165, 1.54) is 11.3 Å². The van der Waals surface area contributed by atoms with Crippen molar-refractivity contribution in [2.75, 3.05) is 13.2 Å². The van der Waals surface area contributed by atoms with Gasteiger partial charge in [0.15, 0.2) is 0 Å².